The number of aliphatic hydroxyl groups is 1. The Labute approximate surface area is 135 Å². The third-order valence-corrected chi connectivity index (χ3v) is 4.50. The first-order valence-electron chi connectivity index (χ1n) is 8.18. The molecule has 1 heterocycles. The number of carbonyl (C=O) groups excluding carboxylic acids is 2. The summed E-state index contributed by atoms with van der Waals surface area (Å²) in [5, 5.41) is 14.2. The maximum Gasteiger partial charge on any atom is 0.315 e. The number of likely N-dealkylation sites (tertiary alicyclic amines) is 1. The fourth-order valence-corrected chi connectivity index (χ4v) is 3.25. The van der Waals surface area contributed by atoms with E-state index >= 15 is 0 Å². The van der Waals surface area contributed by atoms with Gasteiger partial charge in [-0.2, -0.15) is 0 Å². The second kappa shape index (κ2) is 7.00. The van der Waals surface area contributed by atoms with Crippen LogP contribution in [0, 0.1) is 0 Å². The van der Waals surface area contributed by atoms with Gasteiger partial charge >= 0.3 is 6.03 Å². The number of nitrogens with zero attached hydrogens (tertiary/aromatic N) is 1. The number of hydrogen-bond donors (Lipinski definition) is 3. The summed E-state index contributed by atoms with van der Waals surface area (Å²) >= 11 is 0. The summed E-state index contributed by atoms with van der Waals surface area (Å²) < 4.78 is 0. The van der Waals surface area contributed by atoms with Crippen molar-refractivity contribution in [3.8, 4) is 0 Å². The Morgan fingerprint density at radius 1 is 1.30 bits per heavy atom. The number of aliphatic hydroxyl groups excluding tert-OH is 1. The number of rotatable bonds is 6. The quantitative estimate of drug-likeness (QED) is 0.680. The molecule has 3 N–H and O–H groups in total. The van der Waals surface area contributed by atoms with E-state index in [1.165, 1.54) is 5.56 Å². The minimum atomic E-state index is -0.270. The first-order valence-corrected chi connectivity index (χ1v) is 8.18. The molecule has 0 unspecified atom stereocenters. The summed E-state index contributed by atoms with van der Waals surface area (Å²) in [4.78, 5) is 25.8. The van der Waals surface area contributed by atoms with Crippen molar-refractivity contribution in [2.75, 3.05) is 19.7 Å². The highest BCUT2D eigenvalue weighted by molar-refractivity contribution is 5.82. The number of nitrogens with one attached hydrogen (secondary N) is 2. The van der Waals surface area contributed by atoms with Crippen molar-refractivity contribution in [1.29, 1.82) is 0 Å². The second-order valence-electron chi connectivity index (χ2n) is 6.24. The Morgan fingerprint density at radius 2 is 2.09 bits per heavy atom. The van der Waals surface area contributed by atoms with Gasteiger partial charge in [0, 0.05) is 38.1 Å². The van der Waals surface area contributed by atoms with Gasteiger partial charge in [0.2, 0.25) is 5.91 Å². The minimum Gasteiger partial charge on any atom is -0.396 e. The van der Waals surface area contributed by atoms with E-state index in [-0.39, 0.29) is 30.6 Å². The SMILES string of the molecule is O=C(NCCCO)N[C@@H]1CC(=O)N([C@@H]2C[C@@H]2c2ccccc2)C1. The van der Waals surface area contributed by atoms with E-state index in [4.69, 9.17) is 5.11 Å². The predicted octanol–water partition coefficient (Wildman–Crippen LogP) is 0.825. The smallest absolute Gasteiger partial charge is 0.315 e. The number of amides is 3. The van der Waals surface area contributed by atoms with Crippen molar-refractivity contribution in [3.63, 3.8) is 0 Å². The Bertz CT molecular complexity index is 563. The zero-order chi connectivity index (χ0) is 16.2. The van der Waals surface area contributed by atoms with Gasteiger partial charge in [-0.3, -0.25) is 4.79 Å². The molecule has 2 aliphatic rings. The van der Waals surface area contributed by atoms with Crippen LogP contribution in [-0.4, -0.2) is 53.7 Å². The monoisotopic (exact) mass is 317 g/mol. The Kier molecular flexibility index (Phi) is 4.81. The lowest BCUT2D eigenvalue weighted by Crippen LogP contribution is -2.44. The molecule has 0 aromatic heterocycles. The van der Waals surface area contributed by atoms with Gasteiger partial charge < -0.3 is 20.6 Å². The van der Waals surface area contributed by atoms with Crippen molar-refractivity contribution in [2.45, 2.75) is 37.3 Å². The fraction of sp³-hybridized carbons (Fsp3) is 0.529. The number of carbonyl (C=O) groups is 2. The summed E-state index contributed by atoms with van der Waals surface area (Å²) in [6.07, 6.45) is 1.90. The molecule has 6 heteroatoms. The lowest BCUT2D eigenvalue weighted by Gasteiger charge is -2.17. The van der Waals surface area contributed by atoms with Crippen molar-refractivity contribution in [2.24, 2.45) is 0 Å². The molecular formula is C17H23N3O3. The van der Waals surface area contributed by atoms with Gasteiger partial charge in [0.1, 0.15) is 0 Å². The Morgan fingerprint density at radius 3 is 2.83 bits per heavy atom. The third kappa shape index (κ3) is 3.82. The number of hydrogen-bond acceptors (Lipinski definition) is 3. The van der Waals surface area contributed by atoms with Gasteiger partial charge in [0.25, 0.3) is 0 Å². The average molecular weight is 317 g/mol. The van der Waals surface area contributed by atoms with E-state index in [9.17, 15) is 9.59 Å². The molecule has 1 aliphatic heterocycles. The molecule has 0 spiro atoms. The van der Waals surface area contributed by atoms with Crippen LogP contribution in [0.15, 0.2) is 30.3 Å². The van der Waals surface area contributed by atoms with Gasteiger partial charge in [-0.1, -0.05) is 30.3 Å². The van der Waals surface area contributed by atoms with E-state index in [1.54, 1.807) is 0 Å². The van der Waals surface area contributed by atoms with Crippen LogP contribution >= 0.6 is 0 Å². The number of urea groups is 1. The van der Waals surface area contributed by atoms with E-state index in [2.05, 4.69) is 22.8 Å². The van der Waals surface area contributed by atoms with Crippen LogP contribution in [-0.2, 0) is 4.79 Å². The molecule has 3 atom stereocenters. The summed E-state index contributed by atoms with van der Waals surface area (Å²) in [7, 11) is 0. The summed E-state index contributed by atoms with van der Waals surface area (Å²) in [5.41, 5.74) is 1.28. The van der Waals surface area contributed by atoms with Crippen molar-refractivity contribution < 1.29 is 14.7 Å². The lowest BCUT2D eigenvalue weighted by molar-refractivity contribution is -0.128. The lowest BCUT2D eigenvalue weighted by atomic mass is 10.1. The molecule has 23 heavy (non-hydrogen) atoms. The maximum atomic E-state index is 12.2. The molecule has 0 bridgehead atoms. The third-order valence-electron chi connectivity index (χ3n) is 4.50. The van der Waals surface area contributed by atoms with Crippen LogP contribution in [0.4, 0.5) is 4.79 Å². The van der Waals surface area contributed by atoms with Crippen LogP contribution in [0.25, 0.3) is 0 Å². The molecule has 0 radical (unpaired) electrons. The van der Waals surface area contributed by atoms with Crippen molar-refractivity contribution >= 4 is 11.9 Å². The molecule has 1 saturated carbocycles. The van der Waals surface area contributed by atoms with Crippen molar-refractivity contribution in [3.05, 3.63) is 35.9 Å². The molecule has 6 nitrogen and oxygen atoms in total. The van der Waals surface area contributed by atoms with E-state index < -0.39 is 0 Å². The van der Waals surface area contributed by atoms with Gasteiger partial charge in [0.15, 0.2) is 0 Å². The molecule has 2 fully saturated rings. The molecule has 3 rings (SSSR count). The molecular weight excluding hydrogens is 294 g/mol. The zero-order valence-electron chi connectivity index (χ0n) is 13.1. The largest absolute Gasteiger partial charge is 0.396 e. The summed E-state index contributed by atoms with van der Waals surface area (Å²) in [5.74, 6) is 0.548. The average Bonchev–Trinajstić information content (AvgIpc) is 3.26. The van der Waals surface area contributed by atoms with Crippen LogP contribution in [0.2, 0.25) is 0 Å². The number of benzene rings is 1. The summed E-state index contributed by atoms with van der Waals surface area (Å²) in [6, 6.07) is 10.1. The highest BCUT2D eigenvalue weighted by atomic mass is 16.3. The van der Waals surface area contributed by atoms with Crippen LogP contribution in [0.3, 0.4) is 0 Å². The molecule has 124 valence electrons. The van der Waals surface area contributed by atoms with Crippen LogP contribution < -0.4 is 10.6 Å². The maximum absolute atomic E-state index is 12.2. The van der Waals surface area contributed by atoms with Crippen molar-refractivity contribution in [1.82, 2.24) is 15.5 Å². The highest BCUT2D eigenvalue weighted by Crippen LogP contribution is 2.45. The Balaban J connectivity index is 1.48. The fourth-order valence-electron chi connectivity index (χ4n) is 3.25. The Hall–Kier alpha value is -2.08. The van der Waals surface area contributed by atoms with E-state index in [0.29, 0.717) is 31.8 Å². The van der Waals surface area contributed by atoms with Gasteiger partial charge in [-0.05, 0) is 18.4 Å². The first kappa shape index (κ1) is 15.8. The van der Waals surface area contributed by atoms with Gasteiger partial charge in [-0.25, -0.2) is 4.79 Å². The first-order chi connectivity index (χ1) is 11.2. The molecule has 3 amide bonds. The normalized spacial score (nSPS) is 26.2. The molecule has 1 aromatic rings. The van der Waals surface area contributed by atoms with Gasteiger partial charge in [0.05, 0.1) is 6.04 Å². The van der Waals surface area contributed by atoms with E-state index in [0.717, 1.165) is 6.42 Å². The standard InChI is InChI=1S/C17H23N3O3/c21-8-4-7-18-17(23)19-13-9-16(22)20(11-13)15-10-14(15)12-5-2-1-3-6-12/h1-3,5-6,13-15,21H,4,7-11H2,(H2,18,19,23)/t13-,14-,15-/m1/s1. The minimum absolute atomic E-state index is 0.0541. The topological polar surface area (TPSA) is 81.7 Å². The zero-order valence-corrected chi connectivity index (χ0v) is 13.1. The molecule has 1 aromatic carbocycles. The van der Waals surface area contributed by atoms with Gasteiger partial charge in [-0.15, -0.1) is 0 Å². The molecule has 1 saturated heterocycles. The van der Waals surface area contributed by atoms with Crippen LogP contribution in [0.1, 0.15) is 30.7 Å². The molecule has 1 aliphatic carbocycles. The highest BCUT2D eigenvalue weighted by Gasteiger charge is 2.47. The predicted molar refractivity (Wildman–Crippen MR) is 85.9 cm³/mol. The summed E-state index contributed by atoms with van der Waals surface area (Å²) in [6.45, 7) is 1.07. The van der Waals surface area contributed by atoms with Crippen LogP contribution in [0.5, 0.6) is 0 Å². The van der Waals surface area contributed by atoms with E-state index in [1.807, 2.05) is 23.1 Å². The second-order valence-corrected chi connectivity index (χ2v) is 6.24.